The molecule has 7 heteroatoms. The van der Waals surface area contributed by atoms with Crippen molar-refractivity contribution in [2.75, 3.05) is 26.3 Å². The Morgan fingerprint density at radius 1 is 1.10 bits per heavy atom. The summed E-state index contributed by atoms with van der Waals surface area (Å²) in [6.45, 7) is 2.51. The van der Waals surface area contributed by atoms with Crippen molar-refractivity contribution in [1.82, 2.24) is 9.88 Å². The molecular formula is C24H25FN2O3S. The number of amides is 1. The van der Waals surface area contributed by atoms with Crippen molar-refractivity contribution in [3.63, 3.8) is 0 Å². The van der Waals surface area contributed by atoms with E-state index in [1.807, 2.05) is 29.2 Å². The van der Waals surface area contributed by atoms with Gasteiger partial charge in [0.15, 0.2) is 0 Å². The van der Waals surface area contributed by atoms with Gasteiger partial charge in [-0.3, -0.25) is 4.79 Å². The monoisotopic (exact) mass is 440 g/mol. The fourth-order valence-corrected chi connectivity index (χ4v) is 5.57. The van der Waals surface area contributed by atoms with Crippen molar-refractivity contribution in [3.8, 4) is 5.19 Å². The Kier molecular flexibility index (Phi) is 5.63. The summed E-state index contributed by atoms with van der Waals surface area (Å²) in [4.78, 5) is 20.0. The van der Waals surface area contributed by atoms with Gasteiger partial charge in [0, 0.05) is 39.1 Å². The molecule has 0 N–H and O–H groups in total. The highest BCUT2D eigenvalue weighted by Gasteiger charge is 2.44. The topological polar surface area (TPSA) is 51.7 Å². The number of thiazole rings is 1. The van der Waals surface area contributed by atoms with E-state index in [0.29, 0.717) is 49.9 Å². The lowest BCUT2D eigenvalue weighted by molar-refractivity contribution is -0.143. The minimum atomic E-state index is -0.502. The Labute approximate surface area is 184 Å². The third kappa shape index (κ3) is 3.92. The van der Waals surface area contributed by atoms with Gasteiger partial charge in [0.1, 0.15) is 17.4 Å². The first-order valence-corrected chi connectivity index (χ1v) is 11.6. The molecule has 31 heavy (non-hydrogen) atoms. The van der Waals surface area contributed by atoms with Gasteiger partial charge in [-0.05, 0) is 30.5 Å². The van der Waals surface area contributed by atoms with E-state index >= 15 is 0 Å². The van der Waals surface area contributed by atoms with E-state index in [-0.39, 0.29) is 17.8 Å². The van der Waals surface area contributed by atoms with Gasteiger partial charge in [-0.1, -0.05) is 47.7 Å². The number of aromatic nitrogens is 1. The zero-order valence-corrected chi connectivity index (χ0v) is 18.1. The second-order valence-electron chi connectivity index (χ2n) is 8.24. The molecule has 0 spiro atoms. The quantitative estimate of drug-likeness (QED) is 0.597. The first-order valence-electron chi connectivity index (χ1n) is 10.8. The lowest BCUT2D eigenvalue weighted by atomic mass is 9.72. The average Bonchev–Trinajstić information content (AvgIpc) is 3.24. The third-order valence-electron chi connectivity index (χ3n) is 6.43. The second kappa shape index (κ2) is 8.55. The Hall–Kier alpha value is -2.51. The molecule has 0 atom stereocenters. The van der Waals surface area contributed by atoms with E-state index in [2.05, 4.69) is 17.1 Å². The molecule has 2 saturated heterocycles. The molecule has 162 valence electrons. The SMILES string of the molecule is O=C(N1CCC(Oc2nc3c(F)cccc3s2)CC1)C1(c2ccccc2)CCOCC1. The summed E-state index contributed by atoms with van der Waals surface area (Å²) in [5, 5.41) is 0.495. The number of hydrogen-bond donors (Lipinski definition) is 0. The maximum Gasteiger partial charge on any atom is 0.274 e. The highest BCUT2D eigenvalue weighted by atomic mass is 32.1. The number of ether oxygens (including phenoxy) is 2. The lowest BCUT2D eigenvalue weighted by Gasteiger charge is -2.42. The molecule has 2 aliphatic heterocycles. The molecular weight excluding hydrogens is 415 g/mol. The molecule has 1 aromatic heterocycles. The summed E-state index contributed by atoms with van der Waals surface area (Å²) in [7, 11) is 0. The van der Waals surface area contributed by atoms with Crippen LogP contribution in [0, 0.1) is 5.82 Å². The summed E-state index contributed by atoms with van der Waals surface area (Å²) < 4.78 is 26.3. The molecule has 5 rings (SSSR count). The number of benzene rings is 2. The summed E-state index contributed by atoms with van der Waals surface area (Å²) >= 11 is 1.36. The molecule has 0 aliphatic carbocycles. The van der Waals surface area contributed by atoms with Crippen LogP contribution in [0.4, 0.5) is 4.39 Å². The molecule has 3 aromatic rings. The molecule has 1 amide bonds. The van der Waals surface area contributed by atoms with Gasteiger partial charge < -0.3 is 14.4 Å². The number of halogens is 1. The van der Waals surface area contributed by atoms with Crippen molar-refractivity contribution >= 4 is 27.5 Å². The molecule has 3 heterocycles. The number of piperidine rings is 1. The van der Waals surface area contributed by atoms with Crippen molar-refractivity contribution in [2.24, 2.45) is 0 Å². The Bertz CT molecular complexity index is 1060. The largest absolute Gasteiger partial charge is 0.467 e. The van der Waals surface area contributed by atoms with Gasteiger partial charge in [-0.15, -0.1) is 0 Å². The van der Waals surface area contributed by atoms with Crippen LogP contribution < -0.4 is 4.74 Å². The maximum absolute atomic E-state index is 13.9. The van der Waals surface area contributed by atoms with Crippen molar-refractivity contribution < 1.29 is 18.7 Å². The van der Waals surface area contributed by atoms with Crippen LogP contribution in [0.3, 0.4) is 0 Å². The fraction of sp³-hybridized carbons (Fsp3) is 0.417. The first kappa shape index (κ1) is 20.4. The normalized spacial score (nSPS) is 19.5. The van der Waals surface area contributed by atoms with E-state index in [1.54, 1.807) is 6.07 Å². The molecule has 2 aromatic carbocycles. The van der Waals surface area contributed by atoms with Crippen molar-refractivity contribution in [3.05, 3.63) is 59.9 Å². The Morgan fingerprint density at radius 3 is 2.55 bits per heavy atom. The van der Waals surface area contributed by atoms with Gasteiger partial charge in [-0.2, -0.15) is 4.98 Å². The van der Waals surface area contributed by atoms with Crippen molar-refractivity contribution in [1.29, 1.82) is 0 Å². The van der Waals surface area contributed by atoms with E-state index in [4.69, 9.17) is 9.47 Å². The third-order valence-corrected chi connectivity index (χ3v) is 7.34. The lowest BCUT2D eigenvalue weighted by Crippen LogP contribution is -2.53. The van der Waals surface area contributed by atoms with Crippen LogP contribution in [-0.4, -0.2) is 48.2 Å². The average molecular weight is 441 g/mol. The van der Waals surface area contributed by atoms with E-state index in [1.165, 1.54) is 17.4 Å². The van der Waals surface area contributed by atoms with Gasteiger partial charge >= 0.3 is 0 Å². The number of nitrogens with zero attached hydrogens (tertiary/aromatic N) is 2. The molecule has 0 unspecified atom stereocenters. The zero-order valence-electron chi connectivity index (χ0n) is 17.3. The van der Waals surface area contributed by atoms with E-state index in [0.717, 1.165) is 23.1 Å². The number of hydrogen-bond acceptors (Lipinski definition) is 5. The van der Waals surface area contributed by atoms with Gasteiger partial charge in [0.05, 0.1) is 10.1 Å². The summed E-state index contributed by atoms with van der Waals surface area (Å²) in [6, 6.07) is 15.1. The van der Waals surface area contributed by atoms with Crippen LogP contribution in [0.1, 0.15) is 31.2 Å². The van der Waals surface area contributed by atoms with E-state index in [9.17, 15) is 9.18 Å². The summed E-state index contributed by atoms with van der Waals surface area (Å²) in [6.07, 6.45) is 2.89. The smallest absolute Gasteiger partial charge is 0.274 e. The second-order valence-corrected chi connectivity index (χ2v) is 9.23. The number of likely N-dealkylation sites (tertiary alicyclic amines) is 1. The standard InChI is InChI=1S/C24H25FN2O3S/c25-19-7-4-8-20-21(19)26-23(31-20)30-18-9-13-27(14-10-18)22(28)24(11-15-29-16-12-24)17-5-2-1-3-6-17/h1-8,18H,9-16H2. The number of para-hydroxylation sites is 1. The maximum atomic E-state index is 13.9. The molecule has 5 nitrogen and oxygen atoms in total. The Morgan fingerprint density at radius 2 is 1.84 bits per heavy atom. The van der Waals surface area contributed by atoms with Crippen LogP contribution in [0.25, 0.3) is 10.2 Å². The molecule has 0 saturated carbocycles. The van der Waals surface area contributed by atoms with Gasteiger partial charge in [0.25, 0.3) is 5.19 Å². The predicted molar refractivity (Wildman–Crippen MR) is 118 cm³/mol. The van der Waals surface area contributed by atoms with E-state index < -0.39 is 5.41 Å². The predicted octanol–water partition coefficient (Wildman–Crippen LogP) is 4.55. The minimum absolute atomic E-state index is 0.0185. The van der Waals surface area contributed by atoms with Gasteiger partial charge in [0.2, 0.25) is 5.91 Å². The van der Waals surface area contributed by atoms with Crippen LogP contribution >= 0.6 is 11.3 Å². The number of fused-ring (bicyclic) bond motifs is 1. The highest BCUT2D eigenvalue weighted by Crippen LogP contribution is 2.38. The zero-order chi connectivity index (χ0) is 21.3. The number of rotatable bonds is 4. The first-order chi connectivity index (χ1) is 15.2. The van der Waals surface area contributed by atoms with Gasteiger partial charge in [-0.25, -0.2) is 4.39 Å². The van der Waals surface area contributed by atoms with Crippen molar-refractivity contribution in [2.45, 2.75) is 37.2 Å². The van der Waals surface area contributed by atoms with Crippen LogP contribution in [0.5, 0.6) is 5.19 Å². The molecule has 0 bridgehead atoms. The molecule has 2 aliphatic rings. The summed E-state index contributed by atoms with van der Waals surface area (Å²) in [5.74, 6) is -0.130. The van der Waals surface area contributed by atoms with Crippen LogP contribution in [0.15, 0.2) is 48.5 Å². The molecule has 0 radical (unpaired) electrons. The minimum Gasteiger partial charge on any atom is -0.467 e. The number of carbonyl (C=O) groups is 1. The highest BCUT2D eigenvalue weighted by molar-refractivity contribution is 7.20. The number of carbonyl (C=O) groups excluding carboxylic acids is 1. The Balaban J connectivity index is 1.27. The molecule has 2 fully saturated rings. The summed E-state index contributed by atoms with van der Waals surface area (Å²) in [5.41, 5.74) is 0.940. The fourth-order valence-electron chi connectivity index (χ4n) is 4.67. The van der Waals surface area contributed by atoms with Crippen LogP contribution in [0.2, 0.25) is 0 Å². The van der Waals surface area contributed by atoms with Crippen LogP contribution in [-0.2, 0) is 14.9 Å².